The van der Waals surface area contributed by atoms with Crippen LogP contribution in [0.3, 0.4) is 0 Å². The molecule has 4 aliphatic rings. The number of fused-ring (bicyclic) bond motifs is 5. The summed E-state index contributed by atoms with van der Waals surface area (Å²) in [5.74, 6) is 3.03. The summed E-state index contributed by atoms with van der Waals surface area (Å²) in [5.41, 5.74) is 0.401. The first-order valence-corrected chi connectivity index (χ1v) is 15.8. The van der Waals surface area contributed by atoms with Crippen molar-refractivity contribution in [2.45, 2.75) is 97.7 Å². The van der Waals surface area contributed by atoms with Crippen LogP contribution < -0.4 is 10.0 Å². The predicted molar refractivity (Wildman–Crippen MR) is 137 cm³/mol. The predicted octanol–water partition coefficient (Wildman–Crippen LogP) is 3.90. The fourth-order valence-electron chi connectivity index (χ4n) is 9.75. The maximum absolute atomic E-state index is 11.8. The lowest BCUT2D eigenvalue weighted by atomic mass is 9.41. The van der Waals surface area contributed by atoms with Crippen LogP contribution in [0, 0.1) is 52.3 Å². The number of carbonyl (C=O) groups is 1. The first kappa shape index (κ1) is 27.2. The Bertz CT molecular complexity index is 896. The number of aliphatic hydroxyl groups is 2. The van der Waals surface area contributed by atoms with Gasteiger partial charge in [0.25, 0.3) is 0 Å². The Hall–Kier alpha value is -0.860. The first-order valence-electron chi connectivity index (χ1n) is 13.9. The molecular weight excluding hydrogens is 464 g/mol. The molecule has 4 aliphatic carbocycles. The molecule has 0 aromatic rings. The molecule has 202 valence electrons. The summed E-state index contributed by atoms with van der Waals surface area (Å²) in [5, 5.41) is 25.0. The van der Waals surface area contributed by atoms with Gasteiger partial charge in [-0.25, -0.2) is 17.9 Å². The molecule has 2 amide bonds. The highest BCUT2D eigenvalue weighted by atomic mass is 32.2. The van der Waals surface area contributed by atoms with E-state index in [-0.39, 0.29) is 29.0 Å². The standard InChI is InChI=1S/C27H48N2O5S/c1-6-18-22-15-17(30)9-12-27(22,4)21-10-13-26(3)19(7-8-20(26)23(21)24(18)31)16(2)11-14-28-25(32)29-35(5,33)34/h16-24,30-31H,6-15H2,1-5H3,(H2,28,29,32)/t16-,17-,18-,19-,20+,21+,22?,23+,24-,26-,27-/m1/s1. The molecule has 4 fully saturated rings. The average Bonchev–Trinajstić information content (AvgIpc) is 3.11. The number of amides is 2. The van der Waals surface area contributed by atoms with Crippen molar-refractivity contribution in [1.82, 2.24) is 10.0 Å². The molecule has 4 N–H and O–H groups in total. The number of nitrogens with one attached hydrogen (secondary N) is 2. The lowest BCUT2D eigenvalue weighted by molar-refractivity contribution is -0.203. The Morgan fingerprint density at radius 2 is 1.69 bits per heavy atom. The highest BCUT2D eigenvalue weighted by Gasteiger charge is 2.64. The zero-order valence-corrected chi connectivity index (χ0v) is 23.1. The Morgan fingerprint density at radius 1 is 1.03 bits per heavy atom. The minimum absolute atomic E-state index is 0.187. The highest BCUT2D eigenvalue weighted by Crippen LogP contribution is 2.69. The highest BCUT2D eigenvalue weighted by molar-refractivity contribution is 7.89. The van der Waals surface area contributed by atoms with E-state index in [1.807, 2.05) is 4.72 Å². The quantitative estimate of drug-likeness (QED) is 0.431. The van der Waals surface area contributed by atoms with Gasteiger partial charge in [0.05, 0.1) is 18.5 Å². The molecule has 4 rings (SSSR count). The number of carbonyl (C=O) groups excluding carboxylic acids is 1. The maximum Gasteiger partial charge on any atom is 0.328 e. The topological polar surface area (TPSA) is 116 Å². The summed E-state index contributed by atoms with van der Waals surface area (Å²) in [6.07, 6.45) is 9.74. The van der Waals surface area contributed by atoms with Crippen molar-refractivity contribution in [2.75, 3.05) is 12.8 Å². The second-order valence-electron chi connectivity index (χ2n) is 13.0. The summed E-state index contributed by atoms with van der Waals surface area (Å²) < 4.78 is 24.5. The Kier molecular flexibility index (Phi) is 7.60. The van der Waals surface area contributed by atoms with Gasteiger partial charge >= 0.3 is 6.03 Å². The molecule has 0 aromatic heterocycles. The number of hydrogen-bond acceptors (Lipinski definition) is 5. The SMILES string of the molecule is CC[C@@H]1C2C[C@H](O)CC[C@]2(C)[C@H]2CC[C@]3(C)[C@@H]([C@H](C)CCNC(=O)NS(C)(=O)=O)CC[C@H]3[C@@H]2[C@@H]1O. The number of aliphatic hydroxyl groups excluding tert-OH is 2. The van der Waals surface area contributed by atoms with Gasteiger partial charge in [-0.3, -0.25) is 0 Å². The van der Waals surface area contributed by atoms with Gasteiger partial charge in [-0.1, -0.05) is 34.1 Å². The van der Waals surface area contributed by atoms with E-state index in [9.17, 15) is 23.4 Å². The van der Waals surface area contributed by atoms with Crippen molar-refractivity contribution in [3.63, 3.8) is 0 Å². The van der Waals surface area contributed by atoms with E-state index in [0.717, 1.165) is 57.6 Å². The summed E-state index contributed by atoms with van der Waals surface area (Å²) in [6, 6.07) is -0.660. The van der Waals surface area contributed by atoms with E-state index in [2.05, 4.69) is 33.0 Å². The van der Waals surface area contributed by atoms with Crippen molar-refractivity contribution in [3.05, 3.63) is 0 Å². The summed E-state index contributed by atoms with van der Waals surface area (Å²) in [6.45, 7) is 9.87. The van der Waals surface area contributed by atoms with E-state index in [1.165, 1.54) is 6.42 Å². The molecule has 4 saturated carbocycles. The first-order chi connectivity index (χ1) is 16.3. The second kappa shape index (κ2) is 9.79. The molecule has 0 aromatic carbocycles. The third-order valence-corrected chi connectivity index (χ3v) is 11.9. The van der Waals surface area contributed by atoms with Crippen LogP contribution in [-0.2, 0) is 10.0 Å². The van der Waals surface area contributed by atoms with Crippen LogP contribution in [0.25, 0.3) is 0 Å². The molecule has 0 saturated heterocycles. The molecule has 35 heavy (non-hydrogen) atoms. The zero-order valence-electron chi connectivity index (χ0n) is 22.3. The molecule has 0 radical (unpaired) electrons. The normalized spacial score (nSPS) is 46.1. The molecule has 1 unspecified atom stereocenters. The third-order valence-electron chi connectivity index (χ3n) is 11.3. The van der Waals surface area contributed by atoms with Gasteiger partial charge in [0, 0.05) is 6.54 Å². The minimum Gasteiger partial charge on any atom is -0.393 e. The van der Waals surface area contributed by atoms with Crippen molar-refractivity contribution in [3.8, 4) is 0 Å². The van der Waals surface area contributed by atoms with Crippen molar-refractivity contribution in [2.24, 2.45) is 52.3 Å². The van der Waals surface area contributed by atoms with Crippen LogP contribution in [-0.4, -0.2) is 49.7 Å². The second-order valence-corrected chi connectivity index (χ2v) is 14.8. The molecule has 8 heteroatoms. The number of hydrogen-bond donors (Lipinski definition) is 4. The third kappa shape index (κ3) is 4.88. The van der Waals surface area contributed by atoms with Crippen LogP contribution in [0.2, 0.25) is 0 Å². The zero-order chi connectivity index (χ0) is 25.8. The minimum atomic E-state index is -3.56. The van der Waals surface area contributed by atoms with Crippen LogP contribution in [0.5, 0.6) is 0 Å². The molecule has 0 spiro atoms. The van der Waals surface area contributed by atoms with Crippen LogP contribution >= 0.6 is 0 Å². The van der Waals surface area contributed by atoms with Gasteiger partial charge in [-0.05, 0) is 104 Å². The van der Waals surface area contributed by atoms with Crippen LogP contribution in [0.1, 0.15) is 85.5 Å². The molecule has 7 nitrogen and oxygen atoms in total. The monoisotopic (exact) mass is 512 g/mol. The smallest absolute Gasteiger partial charge is 0.328 e. The van der Waals surface area contributed by atoms with Crippen LogP contribution in [0.15, 0.2) is 0 Å². The van der Waals surface area contributed by atoms with Gasteiger partial charge in [0.15, 0.2) is 0 Å². The Balaban J connectivity index is 1.47. The lowest BCUT2D eigenvalue weighted by Crippen LogP contribution is -2.62. The van der Waals surface area contributed by atoms with Crippen LogP contribution in [0.4, 0.5) is 4.79 Å². The number of rotatable bonds is 6. The molecule has 0 heterocycles. The van der Waals surface area contributed by atoms with E-state index in [4.69, 9.17) is 0 Å². The molecule has 0 bridgehead atoms. The molecule has 0 aliphatic heterocycles. The summed E-state index contributed by atoms with van der Waals surface area (Å²) >= 11 is 0. The van der Waals surface area contributed by atoms with E-state index in [1.54, 1.807) is 0 Å². The number of sulfonamides is 1. The van der Waals surface area contributed by atoms with Crippen molar-refractivity contribution >= 4 is 16.1 Å². The van der Waals surface area contributed by atoms with Crippen molar-refractivity contribution in [1.29, 1.82) is 0 Å². The Morgan fingerprint density at radius 3 is 2.34 bits per heavy atom. The van der Waals surface area contributed by atoms with E-state index in [0.29, 0.717) is 42.1 Å². The van der Waals surface area contributed by atoms with E-state index >= 15 is 0 Å². The summed E-state index contributed by atoms with van der Waals surface area (Å²) in [7, 11) is -3.56. The average molecular weight is 513 g/mol. The fraction of sp³-hybridized carbons (Fsp3) is 0.963. The van der Waals surface area contributed by atoms with Crippen molar-refractivity contribution < 1.29 is 23.4 Å². The summed E-state index contributed by atoms with van der Waals surface area (Å²) in [4.78, 5) is 11.8. The van der Waals surface area contributed by atoms with E-state index < -0.39 is 16.1 Å². The maximum atomic E-state index is 11.8. The van der Waals surface area contributed by atoms with Gasteiger partial charge in [-0.2, -0.15) is 0 Å². The van der Waals surface area contributed by atoms with Gasteiger partial charge in [0.2, 0.25) is 10.0 Å². The largest absolute Gasteiger partial charge is 0.393 e. The molecule has 11 atom stereocenters. The van der Waals surface area contributed by atoms with Gasteiger partial charge in [0.1, 0.15) is 0 Å². The molecular formula is C27H48N2O5S. The van der Waals surface area contributed by atoms with Gasteiger partial charge < -0.3 is 15.5 Å². The Labute approximate surface area is 212 Å². The lowest BCUT2D eigenvalue weighted by Gasteiger charge is -2.64. The fourth-order valence-corrected chi connectivity index (χ4v) is 10.2. The van der Waals surface area contributed by atoms with Gasteiger partial charge in [-0.15, -0.1) is 0 Å². The number of urea groups is 1.